The molecular formula is C17H19ClN6O3. The summed E-state index contributed by atoms with van der Waals surface area (Å²) in [6, 6.07) is 3.18. The molecule has 10 heteroatoms. The molecule has 0 radical (unpaired) electrons. The SMILES string of the molecule is CCN(CCNC)C(=O)O[C@@H]1c2nccnc2C(=O)N1c1ccc(Cl)cn1. The highest BCUT2D eigenvalue weighted by Gasteiger charge is 2.44. The first-order chi connectivity index (χ1) is 13.1. The molecule has 2 amide bonds. The molecule has 1 aliphatic rings. The number of carbonyl (C=O) groups is 2. The lowest BCUT2D eigenvalue weighted by molar-refractivity contribution is 0.0605. The highest BCUT2D eigenvalue weighted by Crippen LogP contribution is 2.35. The average Bonchev–Trinajstić information content (AvgIpc) is 2.95. The number of hydrogen-bond donors (Lipinski definition) is 1. The van der Waals surface area contributed by atoms with E-state index in [-0.39, 0.29) is 11.4 Å². The van der Waals surface area contributed by atoms with Crippen molar-refractivity contribution in [2.45, 2.75) is 13.2 Å². The molecule has 0 aromatic carbocycles. The quantitative estimate of drug-likeness (QED) is 0.803. The molecule has 0 spiro atoms. The molecule has 0 bridgehead atoms. The number of pyridine rings is 1. The van der Waals surface area contributed by atoms with Crippen LogP contribution in [0.1, 0.15) is 29.3 Å². The van der Waals surface area contributed by atoms with Gasteiger partial charge in [-0.15, -0.1) is 0 Å². The van der Waals surface area contributed by atoms with Crippen molar-refractivity contribution >= 4 is 29.4 Å². The number of nitrogens with one attached hydrogen (secondary N) is 1. The molecule has 2 aromatic heterocycles. The van der Waals surface area contributed by atoms with E-state index in [9.17, 15) is 9.59 Å². The molecule has 2 aromatic rings. The van der Waals surface area contributed by atoms with E-state index in [1.54, 1.807) is 19.2 Å². The van der Waals surface area contributed by atoms with E-state index < -0.39 is 18.2 Å². The van der Waals surface area contributed by atoms with E-state index >= 15 is 0 Å². The van der Waals surface area contributed by atoms with Crippen molar-refractivity contribution in [2.75, 3.05) is 31.6 Å². The second-order valence-electron chi connectivity index (χ2n) is 5.72. The van der Waals surface area contributed by atoms with Crippen LogP contribution in [0.2, 0.25) is 5.02 Å². The molecule has 1 N–H and O–H groups in total. The summed E-state index contributed by atoms with van der Waals surface area (Å²) >= 11 is 5.88. The Morgan fingerprint density at radius 2 is 2.11 bits per heavy atom. The van der Waals surface area contributed by atoms with Crippen LogP contribution in [-0.2, 0) is 4.74 Å². The second-order valence-corrected chi connectivity index (χ2v) is 6.16. The third-order valence-electron chi connectivity index (χ3n) is 4.06. The van der Waals surface area contributed by atoms with Gasteiger partial charge in [0.15, 0.2) is 5.69 Å². The zero-order chi connectivity index (χ0) is 19.4. The number of nitrogens with zero attached hydrogens (tertiary/aromatic N) is 5. The molecule has 0 fully saturated rings. The van der Waals surface area contributed by atoms with Crippen LogP contribution < -0.4 is 10.2 Å². The van der Waals surface area contributed by atoms with Gasteiger partial charge in [-0.25, -0.2) is 19.7 Å². The Morgan fingerprint density at radius 1 is 1.33 bits per heavy atom. The van der Waals surface area contributed by atoms with Crippen molar-refractivity contribution in [3.05, 3.63) is 47.1 Å². The molecule has 0 saturated carbocycles. The largest absolute Gasteiger partial charge is 0.419 e. The van der Waals surface area contributed by atoms with Gasteiger partial charge in [0, 0.05) is 38.2 Å². The van der Waals surface area contributed by atoms with Crippen LogP contribution in [0.25, 0.3) is 0 Å². The molecule has 3 heterocycles. The van der Waals surface area contributed by atoms with Crippen molar-refractivity contribution in [3.8, 4) is 0 Å². The summed E-state index contributed by atoms with van der Waals surface area (Å²) in [6.07, 6.45) is 2.68. The number of ether oxygens (including phenoxy) is 1. The predicted octanol–water partition coefficient (Wildman–Crippen LogP) is 1.86. The number of carbonyl (C=O) groups excluding carboxylic acids is 2. The second kappa shape index (κ2) is 8.28. The predicted molar refractivity (Wildman–Crippen MR) is 98.5 cm³/mol. The third kappa shape index (κ3) is 3.83. The fourth-order valence-electron chi connectivity index (χ4n) is 2.68. The van der Waals surface area contributed by atoms with Gasteiger partial charge in [0.1, 0.15) is 11.5 Å². The van der Waals surface area contributed by atoms with Crippen molar-refractivity contribution in [2.24, 2.45) is 0 Å². The molecule has 142 valence electrons. The first kappa shape index (κ1) is 19.0. The van der Waals surface area contributed by atoms with Crippen LogP contribution in [0.3, 0.4) is 0 Å². The summed E-state index contributed by atoms with van der Waals surface area (Å²) in [4.78, 5) is 40.7. The number of amides is 2. The van der Waals surface area contributed by atoms with E-state index in [2.05, 4.69) is 20.3 Å². The topological polar surface area (TPSA) is 101 Å². The molecule has 9 nitrogen and oxygen atoms in total. The number of rotatable bonds is 6. The number of fused-ring (bicyclic) bond motifs is 1. The van der Waals surface area contributed by atoms with Gasteiger partial charge < -0.3 is 15.0 Å². The van der Waals surface area contributed by atoms with Crippen LogP contribution >= 0.6 is 11.6 Å². The summed E-state index contributed by atoms with van der Waals surface area (Å²) in [6.45, 7) is 3.40. The van der Waals surface area contributed by atoms with Gasteiger partial charge in [0.25, 0.3) is 5.91 Å². The average molecular weight is 391 g/mol. The minimum absolute atomic E-state index is 0.130. The Kier molecular flexibility index (Phi) is 5.82. The van der Waals surface area contributed by atoms with E-state index in [0.717, 1.165) is 0 Å². The van der Waals surface area contributed by atoms with Crippen LogP contribution in [-0.4, -0.2) is 58.5 Å². The molecule has 0 aliphatic carbocycles. The molecule has 0 saturated heterocycles. The first-order valence-corrected chi connectivity index (χ1v) is 8.80. The van der Waals surface area contributed by atoms with Gasteiger partial charge in [-0.05, 0) is 26.1 Å². The highest BCUT2D eigenvalue weighted by atomic mass is 35.5. The molecule has 0 unspecified atom stereocenters. The van der Waals surface area contributed by atoms with E-state index in [1.807, 2.05) is 6.92 Å². The minimum Gasteiger partial charge on any atom is -0.419 e. The number of hydrogen-bond acceptors (Lipinski definition) is 7. The lowest BCUT2D eigenvalue weighted by Gasteiger charge is -2.27. The van der Waals surface area contributed by atoms with E-state index in [0.29, 0.717) is 30.5 Å². The summed E-state index contributed by atoms with van der Waals surface area (Å²) in [5, 5.41) is 3.41. The molecular weight excluding hydrogens is 372 g/mol. The zero-order valence-corrected chi connectivity index (χ0v) is 15.7. The van der Waals surface area contributed by atoms with Gasteiger partial charge >= 0.3 is 6.09 Å². The van der Waals surface area contributed by atoms with E-state index in [1.165, 1.54) is 28.4 Å². The fraction of sp³-hybridized carbons (Fsp3) is 0.353. The zero-order valence-electron chi connectivity index (χ0n) is 14.9. The standard InChI is InChI=1S/C17H19ClN6O3/c1-3-23(9-8-19-2)17(26)27-16-14-13(20-6-7-21-14)15(25)24(16)12-5-4-11(18)10-22-12/h4-7,10,16,19H,3,8-9H2,1-2H3/t16-/m1/s1. The Balaban J connectivity index is 1.92. The van der Waals surface area contributed by atoms with E-state index in [4.69, 9.17) is 16.3 Å². The monoisotopic (exact) mass is 390 g/mol. The maximum atomic E-state index is 12.8. The maximum absolute atomic E-state index is 12.8. The van der Waals surface area contributed by atoms with Crippen molar-refractivity contribution in [1.29, 1.82) is 0 Å². The summed E-state index contributed by atoms with van der Waals surface area (Å²) in [7, 11) is 1.80. The fourth-order valence-corrected chi connectivity index (χ4v) is 2.79. The maximum Gasteiger partial charge on any atom is 0.412 e. The van der Waals surface area contributed by atoms with Crippen LogP contribution in [0.15, 0.2) is 30.7 Å². The Morgan fingerprint density at radius 3 is 2.78 bits per heavy atom. The van der Waals surface area contributed by atoms with Crippen molar-refractivity contribution in [3.63, 3.8) is 0 Å². The Hall–Kier alpha value is -2.78. The van der Waals surface area contributed by atoms with Crippen LogP contribution in [0, 0.1) is 0 Å². The highest BCUT2D eigenvalue weighted by molar-refractivity contribution is 6.30. The first-order valence-electron chi connectivity index (χ1n) is 8.43. The lowest BCUT2D eigenvalue weighted by atomic mass is 10.3. The molecule has 3 rings (SSSR count). The Labute approximate surface area is 161 Å². The van der Waals surface area contributed by atoms with Gasteiger partial charge in [-0.2, -0.15) is 0 Å². The summed E-state index contributed by atoms with van der Waals surface area (Å²) in [5.41, 5.74) is 0.405. The minimum atomic E-state index is -1.05. The normalized spacial score (nSPS) is 15.6. The number of anilines is 1. The van der Waals surface area contributed by atoms with Gasteiger partial charge in [-0.3, -0.25) is 9.78 Å². The number of halogens is 1. The number of likely N-dealkylation sites (N-methyl/N-ethyl adjacent to an activating group) is 2. The van der Waals surface area contributed by atoms with Crippen molar-refractivity contribution in [1.82, 2.24) is 25.2 Å². The van der Waals surface area contributed by atoms with Crippen LogP contribution in [0.4, 0.5) is 10.6 Å². The smallest absolute Gasteiger partial charge is 0.412 e. The third-order valence-corrected chi connectivity index (χ3v) is 4.28. The summed E-state index contributed by atoms with van der Waals surface area (Å²) < 4.78 is 5.64. The van der Waals surface area contributed by atoms with Gasteiger partial charge in [0.05, 0.1) is 5.02 Å². The van der Waals surface area contributed by atoms with Gasteiger partial charge in [0.2, 0.25) is 6.23 Å². The lowest BCUT2D eigenvalue weighted by Crippen LogP contribution is -2.39. The Bertz CT molecular complexity index is 832. The van der Waals surface area contributed by atoms with Crippen LogP contribution in [0.5, 0.6) is 0 Å². The molecule has 1 atom stereocenters. The molecule has 27 heavy (non-hydrogen) atoms. The van der Waals surface area contributed by atoms with Gasteiger partial charge in [-0.1, -0.05) is 11.6 Å². The summed E-state index contributed by atoms with van der Waals surface area (Å²) in [5.74, 6) is -0.149. The van der Waals surface area contributed by atoms with Crippen molar-refractivity contribution < 1.29 is 14.3 Å². The number of aromatic nitrogens is 3. The molecule has 1 aliphatic heterocycles.